The molecule has 176 valence electrons. The second kappa shape index (κ2) is 9.05. The lowest BCUT2D eigenvalue weighted by Crippen LogP contribution is -2.46. The fourth-order valence-electron chi connectivity index (χ4n) is 4.04. The van der Waals surface area contributed by atoms with E-state index in [1.54, 1.807) is 4.90 Å². The van der Waals surface area contributed by atoms with Crippen LogP contribution in [0.1, 0.15) is 41.6 Å². The van der Waals surface area contributed by atoms with Crippen LogP contribution in [0.5, 0.6) is 0 Å². The number of piperidine rings is 1. The van der Waals surface area contributed by atoms with Crippen molar-refractivity contribution < 1.29 is 27.5 Å². The number of ether oxygens (including phenoxy) is 1. The molecule has 12 heteroatoms. The van der Waals surface area contributed by atoms with E-state index in [-0.39, 0.29) is 39.7 Å². The largest absolute Gasteiger partial charge is 0.446 e. The van der Waals surface area contributed by atoms with Crippen LogP contribution in [0, 0.1) is 17.2 Å². The molecular weight excluding hydrogens is 459 g/mol. The van der Waals surface area contributed by atoms with Gasteiger partial charge in [0.25, 0.3) is 5.91 Å². The molecule has 4 rings (SSSR count). The first kappa shape index (κ1) is 23.1. The summed E-state index contributed by atoms with van der Waals surface area (Å²) in [6.45, 7) is 0.778. The summed E-state index contributed by atoms with van der Waals surface area (Å²) < 4.78 is 46.4. The van der Waals surface area contributed by atoms with Crippen LogP contribution >= 0.6 is 11.3 Å². The zero-order valence-electron chi connectivity index (χ0n) is 17.7. The standard InChI is InChI=1S/C21H22F3N5O3S/c1-26-19(30)14-10-33-18-15(21(22,23)24)8-16(28-17(14)18)29-4-2-12(3-5-29)27-20(31)32-13-6-11(7-13)9-25/h8,10-13H,2-7H2,1H3,(H,26,30)(H,27,31). The Morgan fingerprint density at radius 2 is 2.00 bits per heavy atom. The number of fused-ring (bicyclic) bond motifs is 1. The van der Waals surface area contributed by atoms with Crippen molar-refractivity contribution in [3.63, 3.8) is 0 Å². The number of alkyl halides is 3. The number of thiophene rings is 1. The minimum absolute atomic E-state index is 0.0316. The number of alkyl carbamates (subject to hydrolysis) is 1. The molecule has 0 spiro atoms. The summed E-state index contributed by atoms with van der Waals surface area (Å²) in [7, 11) is 1.41. The van der Waals surface area contributed by atoms with Crippen molar-refractivity contribution in [3.05, 3.63) is 22.6 Å². The molecule has 2 N–H and O–H groups in total. The molecule has 1 saturated carbocycles. The maximum absolute atomic E-state index is 13.7. The molecule has 8 nitrogen and oxygen atoms in total. The summed E-state index contributed by atoms with van der Waals surface area (Å²) in [5, 5.41) is 15.4. The van der Waals surface area contributed by atoms with E-state index in [2.05, 4.69) is 21.7 Å². The van der Waals surface area contributed by atoms with Gasteiger partial charge in [-0.05, 0) is 18.9 Å². The maximum Gasteiger partial charge on any atom is 0.417 e. The third-order valence-electron chi connectivity index (χ3n) is 5.98. The Morgan fingerprint density at radius 3 is 2.61 bits per heavy atom. The molecule has 1 aliphatic carbocycles. The number of hydrogen-bond donors (Lipinski definition) is 2. The van der Waals surface area contributed by atoms with Crippen molar-refractivity contribution >= 4 is 39.4 Å². The fraction of sp³-hybridized carbons (Fsp3) is 0.524. The monoisotopic (exact) mass is 481 g/mol. The quantitative estimate of drug-likeness (QED) is 0.690. The topological polar surface area (TPSA) is 107 Å². The number of pyridine rings is 1. The summed E-state index contributed by atoms with van der Waals surface area (Å²) in [6.07, 6.45) is -3.27. The second-order valence-corrected chi connectivity index (χ2v) is 9.04. The van der Waals surface area contributed by atoms with Gasteiger partial charge in [0.15, 0.2) is 0 Å². The molecule has 2 fully saturated rings. The Labute approximate surface area is 191 Å². The number of aromatic nitrogens is 1. The van der Waals surface area contributed by atoms with E-state index >= 15 is 0 Å². The van der Waals surface area contributed by atoms with Gasteiger partial charge in [0.2, 0.25) is 0 Å². The van der Waals surface area contributed by atoms with Gasteiger partial charge < -0.3 is 20.3 Å². The van der Waals surface area contributed by atoms with E-state index in [1.807, 2.05) is 0 Å². The number of anilines is 1. The second-order valence-electron chi connectivity index (χ2n) is 8.16. The van der Waals surface area contributed by atoms with Gasteiger partial charge in [0.1, 0.15) is 11.9 Å². The smallest absolute Gasteiger partial charge is 0.417 e. The molecule has 0 unspecified atom stereocenters. The van der Waals surface area contributed by atoms with Crippen molar-refractivity contribution in [2.45, 2.75) is 44.0 Å². The summed E-state index contributed by atoms with van der Waals surface area (Å²) in [5.41, 5.74) is -0.675. The molecular formula is C21H22F3N5O3S. The molecule has 0 radical (unpaired) electrons. The van der Waals surface area contributed by atoms with Crippen LogP contribution in [-0.2, 0) is 10.9 Å². The van der Waals surface area contributed by atoms with E-state index in [1.165, 1.54) is 12.4 Å². The van der Waals surface area contributed by atoms with Gasteiger partial charge in [-0.25, -0.2) is 9.78 Å². The Hall–Kier alpha value is -3.07. The van der Waals surface area contributed by atoms with E-state index in [0.717, 1.165) is 17.4 Å². The highest BCUT2D eigenvalue weighted by Crippen LogP contribution is 2.40. The van der Waals surface area contributed by atoms with E-state index in [9.17, 15) is 22.8 Å². The molecule has 2 aliphatic rings. The number of carbonyl (C=O) groups is 2. The predicted octanol–water partition coefficient (Wildman–Crippen LogP) is 3.67. The van der Waals surface area contributed by atoms with E-state index < -0.39 is 23.7 Å². The number of nitrogens with one attached hydrogen (secondary N) is 2. The highest BCUT2D eigenvalue weighted by Gasteiger charge is 2.36. The fourth-order valence-corrected chi connectivity index (χ4v) is 5.06. The lowest BCUT2D eigenvalue weighted by atomic mass is 9.84. The molecule has 0 atom stereocenters. The summed E-state index contributed by atoms with van der Waals surface area (Å²) in [4.78, 5) is 30.3. The van der Waals surface area contributed by atoms with Gasteiger partial charge in [-0.15, -0.1) is 11.3 Å². The third-order valence-corrected chi connectivity index (χ3v) is 6.98. The number of hydrogen-bond acceptors (Lipinski definition) is 7. The Balaban J connectivity index is 1.45. The number of halogens is 3. The number of nitrogens with zero attached hydrogens (tertiary/aromatic N) is 3. The summed E-state index contributed by atoms with van der Waals surface area (Å²) in [5.74, 6) is -0.408. The minimum Gasteiger partial charge on any atom is -0.446 e. The highest BCUT2D eigenvalue weighted by atomic mass is 32.1. The first-order valence-electron chi connectivity index (χ1n) is 10.5. The van der Waals surface area contributed by atoms with Crippen molar-refractivity contribution in [2.75, 3.05) is 25.0 Å². The minimum atomic E-state index is -4.59. The van der Waals surface area contributed by atoms with Gasteiger partial charge in [0, 0.05) is 44.4 Å². The molecule has 2 aromatic heterocycles. The van der Waals surface area contributed by atoms with Crippen LogP contribution in [0.4, 0.5) is 23.8 Å². The van der Waals surface area contributed by atoms with Crippen molar-refractivity contribution in [2.24, 2.45) is 5.92 Å². The molecule has 0 bridgehead atoms. The van der Waals surface area contributed by atoms with Crippen LogP contribution < -0.4 is 15.5 Å². The average molecular weight is 482 g/mol. The SMILES string of the molecule is CNC(=O)c1csc2c(C(F)(F)F)cc(N3CCC(NC(=O)OC4CC(C#N)C4)CC3)nc12. The van der Waals surface area contributed by atoms with Gasteiger partial charge in [-0.2, -0.15) is 18.4 Å². The van der Waals surface area contributed by atoms with Gasteiger partial charge in [0.05, 0.1) is 33.3 Å². The average Bonchev–Trinajstić information content (AvgIpc) is 3.18. The van der Waals surface area contributed by atoms with Gasteiger partial charge in [-0.1, -0.05) is 0 Å². The molecule has 2 aromatic rings. The van der Waals surface area contributed by atoms with Crippen LogP contribution in [0.3, 0.4) is 0 Å². The first-order chi connectivity index (χ1) is 15.7. The number of rotatable bonds is 4. The zero-order valence-corrected chi connectivity index (χ0v) is 18.6. The number of nitriles is 1. The third kappa shape index (κ3) is 4.83. The van der Waals surface area contributed by atoms with Crippen molar-refractivity contribution in [3.8, 4) is 6.07 Å². The van der Waals surface area contributed by atoms with E-state index in [0.29, 0.717) is 38.8 Å². The van der Waals surface area contributed by atoms with Crippen molar-refractivity contribution in [1.82, 2.24) is 15.6 Å². The Morgan fingerprint density at radius 1 is 1.30 bits per heavy atom. The lowest BCUT2D eigenvalue weighted by molar-refractivity contribution is -0.136. The van der Waals surface area contributed by atoms with Crippen molar-refractivity contribution in [1.29, 1.82) is 5.26 Å². The predicted molar refractivity (Wildman–Crippen MR) is 115 cm³/mol. The number of carbonyl (C=O) groups excluding carboxylic acids is 2. The number of amides is 2. The van der Waals surface area contributed by atoms with E-state index in [4.69, 9.17) is 10.00 Å². The zero-order chi connectivity index (χ0) is 23.8. The van der Waals surface area contributed by atoms with Crippen LogP contribution in [0.2, 0.25) is 0 Å². The molecule has 1 aliphatic heterocycles. The molecule has 0 aromatic carbocycles. The maximum atomic E-state index is 13.7. The summed E-state index contributed by atoms with van der Waals surface area (Å²) in [6, 6.07) is 2.98. The Bertz CT molecular complexity index is 1100. The summed E-state index contributed by atoms with van der Waals surface area (Å²) >= 11 is 0.846. The van der Waals surface area contributed by atoms with Crippen LogP contribution in [-0.4, -0.2) is 49.3 Å². The van der Waals surface area contributed by atoms with Gasteiger partial charge >= 0.3 is 12.3 Å². The van der Waals surface area contributed by atoms with Crippen LogP contribution in [0.15, 0.2) is 11.4 Å². The molecule has 2 amide bonds. The Kier molecular flexibility index (Phi) is 6.34. The van der Waals surface area contributed by atoms with Gasteiger partial charge in [-0.3, -0.25) is 4.79 Å². The first-order valence-corrected chi connectivity index (χ1v) is 11.4. The molecule has 1 saturated heterocycles. The normalized spacial score (nSPS) is 21.2. The molecule has 3 heterocycles. The lowest BCUT2D eigenvalue weighted by Gasteiger charge is -2.34. The highest BCUT2D eigenvalue weighted by molar-refractivity contribution is 7.17. The van der Waals surface area contributed by atoms with Crippen LogP contribution in [0.25, 0.3) is 10.2 Å². The molecule has 33 heavy (non-hydrogen) atoms.